The third-order valence-electron chi connectivity index (χ3n) is 3.90. The van der Waals surface area contributed by atoms with Gasteiger partial charge in [0.2, 0.25) is 9.84 Å². The minimum absolute atomic E-state index is 0.0745. The summed E-state index contributed by atoms with van der Waals surface area (Å²) in [6.45, 7) is 3.97. The molecule has 0 fully saturated rings. The molecule has 0 aliphatic rings. The van der Waals surface area contributed by atoms with E-state index in [1.807, 2.05) is 38.1 Å². The molecule has 0 bridgehead atoms. The van der Waals surface area contributed by atoms with Crippen molar-refractivity contribution in [3.05, 3.63) is 54.2 Å². The minimum Gasteiger partial charge on any atom is -0.497 e. The summed E-state index contributed by atoms with van der Waals surface area (Å²) in [5, 5.41) is 0.729. The van der Waals surface area contributed by atoms with Crippen molar-refractivity contribution in [2.75, 3.05) is 7.11 Å². The van der Waals surface area contributed by atoms with Gasteiger partial charge in [-0.15, -0.1) is 0 Å². The van der Waals surface area contributed by atoms with Gasteiger partial charge in [0.05, 0.1) is 12.0 Å². The fourth-order valence-electron chi connectivity index (χ4n) is 2.71. The Bertz CT molecular complexity index is 938. The maximum absolute atomic E-state index is 13.2. The number of hydrogen-bond donors (Lipinski definition) is 1. The number of ether oxygens (including phenoxy) is 1. The highest BCUT2D eigenvalue weighted by molar-refractivity contribution is 7.91. The Balaban J connectivity index is 2.26. The van der Waals surface area contributed by atoms with E-state index in [9.17, 15) is 8.42 Å². The maximum atomic E-state index is 13.2. The van der Waals surface area contributed by atoms with E-state index in [1.54, 1.807) is 31.4 Å². The predicted octanol–water partition coefficient (Wildman–Crippen LogP) is 4.13. The lowest BCUT2D eigenvalue weighted by Crippen LogP contribution is -2.05. The molecule has 0 spiro atoms. The van der Waals surface area contributed by atoms with Crippen molar-refractivity contribution in [2.45, 2.75) is 29.6 Å². The Morgan fingerprint density at radius 2 is 1.65 bits per heavy atom. The third kappa shape index (κ3) is 2.61. The highest BCUT2D eigenvalue weighted by Gasteiger charge is 2.27. The van der Waals surface area contributed by atoms with Gasteiger partial charge < -0.3 is 9.72 Å². The zero-order valence-electron chi connectivity index (χ0n) is 13.3. The van der Waals surface area contributed by atoms with Gasteiger partial charge in [-0.2, -0.15) is 0 Å². The Hall–Kier alpha value is -2.27. The molecule has 120 valence electrons. The van der Waals surface area contributed by atoms with Gasteiger partial charge >= 0.3 is 0 Å². The molecule has 0 saturated carbocycles. The predicted molar refractivity (Wildman–Crippen MR) is 90.8 cm³/mol. The first kappa shape index (κ1) is 15.6. The van der Waals surface area contributed by atoms with Crippen LogP contribution in [0.1, 0.15) is 25.5 Å². The molecule has 1 heterocycles. The number of H-pyrrole nitrogens is 1. The van der Waals surface area contributed by atoms with Crippen LogP contribution in [0.4, 0.5) is 0 Å². The molecule has 0 radical (unpaired) electrons. The maximum Gasteiger partial charge on any atom is 0.208 e. The van der Waals surface area contributed by atoms with Gasteiger partial charge in [0.1, 0.15) is 10.6 Å². The molecule has 0 aliphatic carbocycles. The fraction of sp³-hybridized carbons (Fsp3) is 0.222. The number of aromatic amines is 1. The van der Waals surface area contributed by atoms with Crippen molar-refractivity contribution < 1.29 is 13.2 Å². The van der Waals surface area contributed by atoms with Crippen molar-refractivity contribution in [3.8, 4) is 5.75 Å². The van der Waals surface area contributed by atoms with Gasteiger partial charge in [-0.05, 0) is 36.2 Å². The number of hydrogen-bond acceptors (Lipinski definition) is 3. The normalized spacial score (nSPS) is 12.0. The molecule has 1 N–H and O–H groups in total. The van der Waals surface area contributed by atoms with Crippen molar-refractivity contribution in [1.29, 1.82) is 0 Å². The summed E-state index contributed by atoms with van der Waals surface area (Å²) in [5.41, 5.74) is 1.57. The second kappa shape index (κ2) is 5.74. The Kier molecular flexibility index (Phi) is 3.90. The number of para-hydroxylation sites is 1. The summed E-state index contributed by atoms with van der Waals surface area (Å²) in [7, 11) is -2.05. The number of rotatable bonds is 4. The number of aromatic nitrogens is 1. The van der Waals surface area contributed by atoms with Crippen LogP contribution in [0.15, 0.2) is 58.3 Å². The highest BCUT2D eigenvalue weighted by atomic mass is 32.2. The van der Waals surface area contributed by atoms with Crippen molar-refractivity contribution in [1.82, 2.24) is 4.98 Å². The smallest absolute Gasteiger partial charge is 0.208 e. The average molecular weight is 329 g/mol. The van der Waals surface area contributed by atoms with Gasteiger partial charge in [0.15, 0.2) is 0 Å². The van der Waals surface area contributed by atoms with Crippen LogP contribution < -0.4 is 4.74 Å². The third-order valence-corrected chi connectivity index (χ3v) is 5.77. The van der Waals surface area contributed by atoms with Crippen LogP contribution in [0, 0.1) is 0 Å². The molecule has 0 saturated heterocycles. The number of fused-ring (bicyclic) bond motifs is 1. The van der Waals surface area contributed by atoms with Gasteiger partial charge in [-0.3, -0.25) is 0 Å². The quantitative estimate of drug-likeness (QED) is 0.783. The zero-order valence-corrected chi connectivity index (χ0v) is 14.1. The summed E-state index contributed by atoms with van der Waals surface area (Å²) in [5.74, 6) is 0.706. The van der Waals surface area contributed by atoms with Crippen molar-refractivity contribution >= 4 is 20.7 Å². The standard InChI is InChI=1S/C18H19NO3S/c1-12(2)17-18(15-6-4-5-7-16(15)19-17)23(20,21)14-10-8-13(22-3)9-11-14/h4-12,19H,1-3H3. The van der Waals surface area contributed by atoms with Crippen LogP contribution in [0.3, 0.4) is 0 Å². The Labute approximate surface area is 136 Å². The van der Waals surface area contributed by atoms with E-state index in [2.05, 4.69) is 4.98 Å². The van der Waals surface area contributed by atoms with E-state index in [4.69, 9.17) is 4.74 Å². The molecule has 3 rings (SSSR count). The fourth-order valence-corrected chi connectivity index (χ4v) is 4.48. The molecule has 3 aromatic rings. The van der Waals surface area contributed by atoms with Gasteiger partial charge in [0, 0.05) is 16.6 Å². The molecule has 5 heteroatoms. The summed E-state index contributed by atoms with van der Waals surface area (Å²) < 4.78 is 31.4. The first-order chi connectivity index (χ1) is 10.9. The van der Waals surface area contributed by atoms with E-state index >= 15 is 0 Å². The molecule has 0 unspecified atom stereocenters. The first-order valence-electron chi connectivity index (χ1n) is 7.45. The number of methoxy groups -OCH3 is 1. The van der Waals surface area contributed by atoms with Crippen LogP contribution in [-0.4, -0.2) is 20.5 Å². The summed E-state index contributed by atoms with van der Waals surface area (Å²) >= 11 is 0. The SMILES string of the molecule is COc1ccc(S(=O)(=O)c2c(C(C)C)[nH]c3ccccc23)cc1. The molecular weight excluding hydrogens is 310 g/mol. The topological polar surface area (TPSA) is 59.2 Å². The molecule has 1 aromatic heterocycles. The van der Waals surface area contributed by atoms with Crippen LogP contribution in [0.2, 0.25) is 0 Å². The second-order valence-electron chi connectivity index (χ2n) is 5.75. The lowest BCUT2D eigenvalue weighted by atomic mass is 10.1. The Morgan fingerprint density at radius 1 is 1.00 bits per heavy atom. The second-order valence-corrected chi connectivity index (χ2v) is 7.63. The minimum atomic E-state index is -3.61. The molecule has 4 nitrogen and oxygen atoms in total. The van der Waals surface area contributed by atoms with Crippen LogP contribution >= 0.6 is 0 Å². The molecule has 0 amide bonds. The molecular formula is C18H19NO3S. The summed E-state index contributed by atoms with van der Waals surface area (Å²) in [6, 6.07) is 14.0. The largest absolute Gasteiger partial charge is 0.497 e. The van der Waals surface area contributed by atoms with Gasteiger partial charge in [0.25, 0.3) is 0 Å². The monoisotopic (exact) mass is 329 g/mol. The van der Waals surface area contributed by atoms with Crippen molar-refractivity contribution in [2.24, 2.45) is 0 Å². The molecule has 0 atom stereocenters. The first-order valence-corrected chi connectivity index (χ1v) is 8.93. The molecule has 0 aliphatic heterocycles. The van der Waals surface area contributed by atoms with E-state index in [1.165, 1.54) is 0 Å². The van der Waals surface area contributed by atoms with Gasteiger partial charge in [-0.25, -0.2) is 8.42 Å². The summed E-state index contributed by atoms with van der Waals surface area (Å²) in [4.78, 5) is 3.90. The number of sulfone groups is 1. The summed E-state index contributed by atoms with van der Waals surface area (Å²) in [6.07, 6.45) is 0. The Morgan fingerprint density at radius 3 is 2.26 bits per heavy atom. The average Bonchev–Trinajstić information content (AvgIpc) is 2.95. The lowest BCUT2D eigenvalue weighted by Gasteiger charge is -2.10. The van der Waals surface area contributed by atoms with E-state index < -0.39 is 9.84 Å². The van der Waals surface area contributed by atoms with Crippen LogP contribution in [-0.2, 0) is 9.84 Å². The molecule has 2 aromatic carbocycles. The zero-order chi connectivity index (χ0) is 16.6. The van der Waals surface area contributed by atoms with E-state index in [-0.39, 0.29) is 10.8 Å². The van der Waals surface area contributed by atoms with E-state index in [0.717, 1.165) is 16.6 Å². The number of benzene rings is 2. The lowest BCUT2D eigenvalue weighted by molar-refractivity contribution is 0.414. The van der Waals surface area contributed by atoms with Crippen LogP contribution in [0.25, 0.3) is 10.9 Å². The van der Waals surface area contributed by atoms with Crippen molar-refractivity contribution in [3.63, 3.8) is 0 Å². The molecule has 23 heavy (non-hydrogen) atoms. The van der Waals surface area contributed by atoms with E-state index in [0.29, 0.717) is 10.6 Å². The highest BCUT2D eigenvalue weighted by Crippen LogP contribution is 2.35. The number of nitrogens with one attached hydrogen (secondary N) is 1. The van der Waals surface area contributed by atoms with Crippen LogP contribution in [0.5, 0.6) is 5.75 Å². The van der Waals surface area contributed by atoms with Gasteiger partial charge in [-0.1, -0.05) is 32.0 Å².